The molecule has 0 radical (unpaired) electrons. The zero-order valence-electron chi connectivity index (χ0n) is 12.9. The van der Waals surface area contributed by atoms with Crippen molar-refractivity contribution in [1.82, 2.24) is 10.2 Å². The summed E-state index contributed by atoms with van der Waals surface area (Å²) in [6.45, 7) is 0.224. The summed E-state index contributed by atoms with van der Waals surface area (Å²) in [6, 6.07) is 0.168. The van der Waals surface area contributed by atoms with E-state index in [0.29, 0.717) is 0 Å². The molecular formula is C16H26N2O3. The number of piperazine rings is 1. The smallest absolute Gasteiger partial charge is 0.249 e. The zero-order chi connectivity index (χ0) is 14.9. The van der Waals surface area contributed by atoms with Crippen LogP contribution in [-0.4, -0.2) is 48.1 Å². The Kier molecular flexibility index (Phi) is 4.20. The first-order valence-electron chi connectivity index (χ1n) is 8.29. The molecule has 2 atom stereocenters. The van der Waals surface area contributed by atoms with Gasteiger partial charge in [0.2, 0.25) is 11.8 Å². The molecule has 118 valence electrons. The monoisotopic (exact) mass is 294 g/mol. The first-order valence-corrected chi connectivity index (χ1v) is 8.29. The molecule has 3 fully saturated rings. The maximum absolute atomic E-state index is 13.0. The predicted molar refractivity (Wildman–Crippen MR) is 78.7 cm³/mol. The summed E-state index contributed by atoms with van der Waals surface area (Å²) < 4.78 is 5.47. The molecule has 5 nitrogen and oxygen atoms in total. The van der Waals surface area contributed by atoms with Crippen molar-refractivity contribution < 1.29 is 14.3 Å². The van der Waals surface area contributed by atoms with E-state index in [4.69, 9.17) is 4.74 Å². The van der Waals surface area contributed by atoms with Crippen molar-refractivity contribution in [3.05, 3.63) is 0 Å². The van der Waals surface area contributed by atoms with Crippen LogP contribution < -0.4 is 5.32 Å². The van der Waals surface area contributed by atoms with Crippen LogP contribution in [0.5, 0.6) is 0 Å². The Hall–Kier alpha value is -1.10. The van der Waals surface area contributed by atoms with E-state index in [1.807, 2.05) is 4.90 Å². The number of carbonyl (C=O) groups is 2. The van der Waals surface area contributed by atoms with Gasteiger partial charge in [-0.3, -0.25) is 9.59 Å². The van der Waals surface area contributed by atoms with Crippen LogP contribution in [-0.2, 0) is 14.3 Å². The topological polar surface area (TPSA) is 58.6 Å². The summed E-state index contributed by atoms with van der Waals surface area (Å²) >= 11 is 0. The van der Waals surface area contributed by atoms with E-state index in [2.05, 4.69) is 5.32 Å². The van der Waals surface area contributed by atoms with Gasteiger partial charge in [-0.25, -0.2) is 0 Å². The molecule has 1 N–H and O–H groups in total. The SMILES string of the molecule is COC1CCCC(N2CC(=O)NC3(CCCCC3)C2=O)C1. The number of nitrogens with one attached hydrogen (secondary N) is 1. The number of carbonyl (C=O) groups excluding carboxylic acids is 2. The highest BCUT2D eigenvalue weighted by molar-refractivity contribution is 5.98. The Labute approximate surface area is 126 Å². The molecule has 0 aromatic heterocycles. The summed E-state index contributed by atoms with van der Waals surface area (Å²) in [5.41, 5.74) is -0.604. The van der Waals surface area contributed by atoms with Crippen molar-refractivity contribution >= 4 is 11.8 Å². The second kappa shape index (κ2) is 5.95. The van der Waals surface area contributed by atoms with Crippen LogP contribution in [0.15, 0.2) is 0 Å². The van der Waals surface area contributed by atoms with Gasteiger partial charge in [0.25, 0.3) is 0 Å². The van der Waals surface area contributed by atoms with Gasteiger partial charge < -0.3 is 15.0 Å². The van der Waals surface area contributed by atoms with Crippen LogP contribution in [0.4, 0.5) is 0 Å². The molecule has 3 rings (SSSR count). The lowest BCUT2D eigenvalue weighted by Gasteiger charge is -2.48. The van der Waals surface area contributed by atoms with Gasteiger partial charge in [0.15, 0.2) is 0 Å². The predicted octanol–water partition coefficient (Wildman–Crippen LogP) is 1.61. The molecule has 0 bridgehead atoms. The minimum Gasteiger partial charge on any atom is -0.381 e. The highest BCUT2D eigenvalue weighted by Crippen LogP contribution is 2.35. The van der Waals surface area contributed by atoms with Crippen LogP contribution in [0.2, 0.25) is 0 Å². The third kappa shape index (κ3) is 2.80. The maximum atomic E-state index is 13.0. The van der Waals surface area contributed by atoms with E-state index in [0.717, 1.165) is 51.4 Å². The molecule has 1 spiro atoms. The molecule has 0 aromatic carbocycles. The molecule has 1 heterocycles. The van der Waals surface area contributed by atoms with Gasteiger partial charge in [0.1, 0.15) is 5.54 Å². The standard InChI is InChI=1S/C16H26N2O3/c1-21-13-7-5-6-12(10-13)18-11-14(19)17-16(15(18)20)8-3-2-4-9-16/h12-13H,2-11H2,1H3,(H,17,19). The molecular weight excluding hydrogens is 268 g/mol. The summed E-state index contributed by atoms with van der Waals surface area (Å²) in [6.07, 6.45) is 9.05. The summed E-state index contributed by atoms with van der Waals surface area (Å²) in [4.78, 5) is 27.0. The number of methoxy groups -OCH3 is 1. The van der Waals surface area contributed by atoms with E-state index in [-0.39, 0.29) is 30.5 Å². The van der Waals surface area contributed by atoms with Gasteiger partial charge in [-0.2, -0.15) is 0 Å². The molecule has 0 aromatic rings. The van der Waals surface area contributed by atoms with E-state index in [1.165, 1.54) is 6.42 Å². The Morgan fingerprint density at radius 3 is 2.62 bits per heavy atom. The molecule has 3 aliphatic rings. The number of ether oxygens (including phenoxy) is 1. The van der Waals surface area contributed by atoms with Gasteiger partial charge in [0.05, 0.1) is 12.6 Å². The summed E-state index contributed by atoms with van der Waals surface area (Å²) in [5, 5.41) is 3.01. The number of rotatable bonds is 2. The molecule has 2 aliphatic carbocycles. The Morgan fingerprint density at radius 2 is 1.90 bits per heavy atom. The maximum Gasteiger partial charge on any atom is 0.249 e. The van der Waals surface area contributed by atoms with E-state index in [1.54, 1.807) is 7.11 Å². The number of hydrogen-bond acceptors (Lipinski definition) is 3. The van der Waals surface area contributed by atoms with Crippen LogP contribution in [0.25, 0.3) is 0 Å². The third-order valence-corrected chi connectivity index (χ3v) is 5.44. The van der Waals surface area contributed by atoms with Crippen LogP contribution in [0, 0.1) is 0 Å². The Bertz CT molecular complexity index is 418. The Morgan fingerprint density at radius 1 is 1.14 bits per heavy atom. The first kappa shape index (κ1) is 14.8. The van der Waals surface area contributed by atoms with Gasteiger partial charge in [-0.15, -0.1) is 0 Å². The van der Waals surface area contributed by atoms with Crippen LogP contribution >= 0.6 is 0 Å². The van der Waals surface area contributed by atoms with Crippen molar-refractivity contribution in [2.45, 2.75) is 75.5 Å². The molecule has 21 heavy (non-hydrogen) atoms. The largest absolute Gasteiger partial charge is 0.381 e. The molecule has 1 saturated heterocycles. The molecule has 2 unspecified atom stereocenters. The summed E-state index contributed by atoms with van der Waals surface area (Å²) in [5.74, 6) is 0.166. The lowest BCUT2D eigenvalue weighted by molar-refractivity contribution is -0.155. The van der Waals surface area contributed by atoms with Gasteiger partial charge in [0, 0.05) is 13.2 Å². The van der Waals surface area contributed by atoms with Gasteiger partial charge in [-0.1, -0.05) is 19.3 Å². The van der Waals surface area contributed by atoms with Crippen molar-refractivity contribution in [3.8, 4) is 0 Å². The number of amides is 2. The highest BCUT2D eigenvalue weighted by Gasteiger charge is 2.49. The van der Waals surface area contributed by atoms with Crippen LogP contribution in [0.1, 0.15) is 57.8 Å². The zero-order valence-corrected chi connectivity index (χ0v) is 12.9. The minimum absolute atomic E-state index is 0.0102. The van der Waals surface area contributed by atoms with E-state index in [9.17, 15) is 9.59 Å². The molecule has 5 heteroatoms. The quantitative estimate of drug-likeness (QED) is 0.841. The lowest BCUT2D eigenvalue weighted by atomic mass is 9.78. The second-order valence-electron chi connectivity index (χ2n) is 6.80. The van der Waals surface area contributed by atoms with E-state index >= 15 is 0 Å². The summed E-state index contributed by atoms with van der Waals surface area (Å²) in [7, 11) is 1.74. The highest BCUT2D eigenvalue weighted by atomic mass is 16.5. The normalized spacial score (nSPS) is 33.1. The number of nitrogens with zero attached hydrogens (tertiary/aromatic N) is 1. The van der Waals surface area contributed by atoms with Gasteiger partial charge >= 0.3 is 0 Å². The minimum atomic E-state index is -0.604. The van der Waals surface area contributed by atoms with Gasteiger partial charge in [-0.05, 0) is 38.5 Å². The average Bonchev–Trinajstić information content (AvgIpc) is 2.52. The Balaban J connectivity index is 1.77. The average molecular weight is 294 g/mol. The fourth-order valence-corrected chi connectivity index (χ4v) is 4.27. The fraction of sp³-hybridized carbons (Fsp3) is 0.875. The van der Waals surface area contributed by atoms with Crippen molar-refractivity contribution in [3.63, 3.8) is 0 Å². The first-order chi connectivity index (χ1) is 10.1. The van der Waals surface area contributed by atoms with Crippen molar-refractivity contribution in [2.75, 3.05) is 13.7 Å². The lowest BCUT2D eigenvalue weighted by Crippen LogP contribution is -2.69. The number of hydrogen-bond donors (Lipinski definition) is 1. The third-order valence-electron chi connectivity index (χ3n) is 5.44. The fourth-order valence-electron chi connectivity index (χ4n) is 4.27. The van der Waals surface area contributed by atoms with Crippen molar-refractivity contribution in [1.29, 1.82) is 0 Å². The molecule has 2 amide bonds. The van der Waals surface area contributed by atoms with Crippen LogP contribution in [0.3, 0.4) is 0 Å². The second-order valence-corrected chi connectivity index (χ2v) is 6.80. The molecule has 2 saturated carbocycles. The van der Waals surface area contributed by atoms with Crippen molar-refractivity contribution in [2.24, 2.45) is 0 Å². The van der Waals surface area contributed by atoms with E-state index < -0.39 is 5.54 Å². The molecule has 1 aliphatic heterocycles.